The Labute approximate surface area is 99.8 Å². The van der Waals surface area contributed by atoms with Crippen molar-refractivity contribution in [2.45, 2.75) is 39.2 Å². The van der Waals surface area contributed by atoms with Gasteiger partial charge >= 0.3 is 5.97 Å². The Balaban J connectivity index is 2.85. The smallest absolute Gasteiger partial charge is 0.329 e. The average molecular weight is 239 g/mol. The molecule has 0 bridgehead atoms. The van der Waals surface area contributed by atoms with Gasteiger partial charge in [-0.25, -0.2) is 4.79 Å². The van der Waals surface area contributed by atoms with Crippen molar-refractivity contribution in [3.05, 3.63) is 23.7 Å². The Bertz CT molecular complexity index is 424. The third-order valence-electron chi connectivity index (χ3n) is 2.68. The Kier molecular flexibility index (Phi) is 3.93. The van der Waals surface area contributed by atoms with Gasteiger partial charge in [-0.3, -0.25) is 4.79 Å². The number of rotatable bonds is 5. The standard InChI is InChI=1S/C12H17NO4/c1-4-6-12(3,11(15)16)13-10(14)9-8(2)5-7-17-9/h5,7H,4,6H2,1-3H3,(H,13,14)(H,15,16). The monoisotopic (exact) mass is 239 g/mol. The molecule has 0 aliphatic carbocycles. The molecule has 0 fully saturated rings. The fourth-order valence-corrected chi connectivity index (χ4v) is 1.64. The molecule has 5 nitrogen and oxygen atoms in total. The molecule has 1 rings (SSSR count). The van der Waals surface area contributed by atoms with Crippen LogP contribution >= 0.6 is 0 Å². The molecule has 1 aromatic heterocycles. The van der Waals surface area contributed by atoms with Gasteiger partial charge in [0.25, 0.3) is 5.91 Å². The van der Waals surface area contributed by atoms with Crippen LogP contribution in [0.2, 0.25) is 0 Å². The van der Waals surface area contributed by atoms with Crippen molar-refractivity contribution in [3.8, 4) is 0 Å². The van der Waals surface area contributed by atoms with Gasteiger partial charge in [-0.05, 0) is 26.3 Å². The SMILES string of the molecule is CCCC(C)(NC(=O)c1occc1C)C(=O)O. The second-order valence-corrected chi connectivity index (χ2v) is 4.27. The molecule has 1 atom stereocenters. The highest BCUT2D eigenvalue weighted by molar-refractivity contribution is 5.96. The number of nitrogens with one attached hydrogen (secondary N) is 1. The maximum atomic E-state index is 11.9. The molecule has 0 radical (unpaired) electrons. The van der Waals surface area contributed by atoms with E-state index in [0.29, 0.717) is 18.4 Å². The van der Waals surface area contributed by atoms with Crippen LogP contribution in [-0.4, -0.2) is 22.5 Å². The van der Waals surface area contributed by atoms with Crippen LogP contribution in [-0.2, 0) is 4.79 Å². The van der Waals surface area contributed by atoms with Gasteiger partial charge in [0.1, 0.15) is 5.54 Å². The van der Waals surface area contributed by atoms with Crippen molar-refractivity contribution >= 4 is 11.9 Å². The number of amides is 1. The van der Waals surface area contributed by atoms with Crippen molar-refractivity contribution in [3.63, 3.8) is 0 Å². The Morgan fingerprint density at radius 1 is 1.53 bits per heavy atom. The zero-order valence-corrected chi connectivity index (χ0v) is 10.2. The summed E-state index contributed by atoms with van der Waals surface area (Å²) in [6.45, 7) is 5.09. The Hall–Kier alpha value is -1.78. The molecule has 1 amide bonds. The van der Waals surface area contributed by atoms with Gasteiger partial charge < -0.3 is 14.8 Å². The largest absolute Gasteiger partial charge is 0.480 e. The van der Waals surface area contributed by atoms with Gasteiger partial charge in [-0.1, -0.05) is 13.3 Å². The van der Waals surface area contributed by atoms with Crippen LogP contribution in [0.5, 0.6) is 0 Å². The average Bonchev–Trinajstić information content (AvgIpc) is 2.64. The zero-order chi connectivity index (χ0) is 13.1. The summed E-state index contributed by atoms with van der Waals surface area (Å²) < 4.78 is 5.02. The van der Waals surface area contributed by atoms with Gasteiger partial charge in [-0.2, -0.15) is 0 Å². The first-order valence-electron chi connectivity index (χ1n) is 5.50. The van der Waals surface area contributed by atoms with Gasteiger partial charge in [0.15, 0.2) is 5.76 Å². The molecular weight excluding hydrogens is 222 g/mol. The summed E-state index contributed by atoms with van der Waals surface area (Å²) in [5, 5.41) is 11.6. The first kappa shape index (κ1) is 13.3. The summed E-state index contributed by atoms with van der Waals surface area (Å²) in [6, 6.07) is 1.66. The number of hydrogen-bond acceptors (Lipinski definition) is 3. The van der Waals surface area contributed by atoms with E-state index in [9.17, 15) is 9.59 Å². The second-order valence-electron chi connectivity index (χ2n) is 4.27. The number of carbonyl (C=O) groups is 2. The molecule has 1 aromatic rings. The molecule has 2 N–H and O–H groups in total. The van der Waals surface area contributed by atoms with E-state index in [-0.39, 0.29) is 5.76 Å². The molecule has 1 unspecified atom stereocenters. The normalized spacial score (nSPS) is 14.1. The lowest BCUT2D eigenvalue weighted by molar-refractivity contribution is -0.144. The number of carbonyl (C=O) groups excluding carboxylic acids is 1. The lowest BCUT2D eigenvalue weighted by Crippen LogP contribution is -2.52. The predicted molar refractivity (Wildman–Crippen MR) is 61.9 cm³/mol. The third-order valence-corrected chi connectivity index (χ3v) is 2.68. The number of aliphatic carboxylic acids is 1. The Morgan fingerprint density at radius 2 is 2.18 bits per heavy atom. The summed E-state index contributed by atoms with van der Waals surface area (Å²) in [4.78, 5) is 23.0. The first-order chi connectivity index (χ1) is 7.90. The molecule has 0 aliphatic rings. The molecule has 5 heteroatoms. The minimum Gasteiger partial charge on any atom is -0.480 e. The summed E-state index contributed by atoms with van der Waals surface area (Å²) in [5.41, 5.74) is -0.572. The van der Waals surface area contributed by atoms with Gasteiger partial charge in [0.2, 0.25) is 0 Å². The molecule has 1 heterocycles. The molecule has 0 aromatic carbocycles. The quantitative estimate of drug-likeness (QED) is 0.823. The minimum atomic E-state index is -1.26. The molecule has 17 heavy (non-hydrogen) atoms. The van der Waals surface area contributed by atoms with E-state index in [2.05, 4.69) is 5.32 Å². The fourth-order valence-electron chi connectivity index (χ4n) is 1.64. The van der Waals surface area contributed by atoms with Crippen LogP contribution in [0.15, 0.2) is 16.7 Å². The predicted octanol–water partition coefficient (Wildman–Crippen LogP) is 1.96. The fraction of sp³-hybridized carbons (Fsp3) is 0.500. The zero-order valence-electron chi connectivity index (χ0n) is 10.2. The van der Waals surface area contributed by atoms with Crippen molar-refractivity contribution in [1.29, 1.82) is 0 Å². The van der Waals surface area contributed by atoms with Crippen molar-refractivity contribution in [2.75, 3.05) is 0 Å². The highest BCUT2D eigenvalue weighted by Gasteiger charge is 2.34. The van der Waals surface area contributed by atoms with Crippen LogP contribution in [0, 0.1) is 6.92 Å². The first-order valence-corrected chi connectivity index (χ1v) is 5.50. The molecule has 0 saturated carbocycles. The second kappa shape index (κ2) is 5.03. The molecule has 0 aliphatic heterocycles. The highest BCUT2D eigenvalue weighted by atomic mass is 16.4. The third kappa shape index (κ3) is 2.87. The number of carboxylic acid groups (broad SMARTS) is 1. The van der Waals surface area contributed by atoms with E-state index in [1.807, 2.05) is 6.92 Å². The highest BCUT2D eigenvalue weighted by Crippen LogP contribution is 2.15. The van der Waals surface area contributed by atoms with Crippen molar-refractivity contribution < 1.29 is 19.1 Å². The van der Waals surface area contributed by atoms with Crippen LogP contribution in [0.4, 0.5) is 0 Å². The minimum absolute atomic E-state index is 0.161. The van der Waals surface area contributed by atoms with Crippen LogP contribution in [0.1, 0.15) is 42.8 Å². The number of aryl methyl sites for hydroxylation is 1. The molecule has 0 spiro atoms. The molecule has 94 valence electrons. The summed E-state index contributed by atoms with van der Waals surface area (Å²) >= 11 is 0. The van der Waals surface area contributed by atoms with Crippen LogP contribution in [0.25, 0.3) is 0 Å². The topological polar surface area (TPSA) is 79.5 Å². The van der Waals surface area contributed by atoms with Crippen molar-refractivity contribution in [1.82, 2.24) is 5.32 Å². The van der Waals surface area contributed by atoms with E-state index >= 15 is 0 Å². The lowest BCUT2D eigenvalue weighted by atomic mass is 9.96. The van der Waals surface area contributed by atoms with Crippen LogP contribution in [0.3, 0.4) is 0 Å². The maximum Gasteiger partial charge on any atom is 0.329 e. The van der Waals surface area contributed by atoms with Gasteiger partial charge in [0.05, 0.1) is 6.26 Å². The van der Waals surface area contributed by atoms with Crippen molar-refractivity contribution in [2.24, 2.45) is 0 Å². The van der Waals surface area contributed by atoms with E-state index in [4.69, 9.17) is 9.52 Å². The van der Waals surface area contributed by atoms with E-state index in [0.717, 1.165) is 0 Å². The Morgan fingerprint density at radius 3 is 2.59 bits per heavy atom. The van der Waals surface area contributed by atoms with E-state index in [1.165, 1.54) is 13.2 Å². The van der Waals surface area contributed by atoms with Crippen LogP contribution < -0.4 is 5.32 Å². The summed E-state index contributed by atoms with van der Waals surface area (Å²) in [5.74, 6) is -1.38. The van der Waals surface area contributed by atoms with E-state index in [1.54, 1.807) is 13.0 Å². The maximum absolute atomic E-state index is 11.9. The number of carboxylic acids is 1. The number of hydrogen-bond donors (Lipinski definition) is 2. The van der Waals surface area contributed by atoms with E-state index < -0.39 is 17.4 Å². The summed E-state index contributed by atoms with van der Waals surface area (Å²) in [7, 11) is 0. The molecule has 0 saturated heterocycles. The summed E-state index contributed by atoms with van der Waals surface area (Å²) in [6.07, 6.45) is 2.44. The lowest BCUT2D eigenvalue weighted by Gasteiger charge is -2.25. The number of furan rings is 1. The molecular formula is C12H17NO4. The van der Waals surface area contributed by atoms with Gasteiger partial charge in [0, 0.05) is 5.56 Å². The van der Waals surface area contributed by atoms with Gasteiger partial charge in [-0.15, -0.1) is 0 Å².